The molecule has 278 valence electrons. The summed E-state index contributed by atoms with van der Waals surface area (Å²) in [6.07, 6.45) is 31.4. The lowest BCUT2D eigenvalue weighted by molar-refractivity contribution is -0.129. The van der Waals surface area contributed by atoms with Gasteiger partial charge in [-0.1, -0.05) is 109 Å². The van der Waals surface area contributed by atoms with Gasteiger partial charge in [0.2, 0.25) is 17.7 Å². The smallest absolute Gasteiger partial charge is 0.244 e. The van der Waals surface area contributed by atoms with Crippen molar-refractivity contribution in [3.8, 4) is 0 Å². The fraction of sp³-hybridized carbons (Fsp3) is 0.556. The summed E-state index contributed by atoms with van der Waals surface area (Å²) in [6.45, 7) is 5.15. The Bertz CT molecular complexity index is 1120. The Labute approximate surface area is 302 Å². The predicted octanol–water partition coefficient (Wildman–Crippen LogP) is 4.60. The number of aliphatic hydroxyl groups excluding tert-OH is 2. The molecule has 0 saturated heterocycles. The summed E-state index contributed by atoms with van der Waals surface area (Å²) in [5.41, 5.74) is 10.6. The first kappa shape index (κ1) is 47.9. The lowest BCUT2D eigenvalue weighted by Gasteiger charge is -2.33. The van der Waals surface area contributed by atoms with Crippen molar-refractivity contribution in [2.75, 3.05) is 32.0 Å². The monoisotopic (exact) mass is 722 g/mol. The Morgan fingerprint density at radius 3 is 1.82 bits per heavy atom. The van der Waals surface area contributed by atoms with E-state index in [1.54, 1.807) is 13.8 Å². The first-order valence-corrected chi connectivity index (χ1v) is 18.7. The predicted molar refractivity (Wildman–Crippen MR) is 210 cm³/mol. The molecule has 13 heteroatoms. The van der Waals surface area contributed by atoms with E-state index < -0.39 is 35.3 Å². The second-order valence-electron chi connectivity index (χ2n) is 11.1. The van der Waals surface area contributed by atoms with Gasteiger partial charge in [-0.2, -0.15) is 0 Å². The third-order valence-electron chi connectivity index (χ3n) is 6.31. The average Bonchev–Trinajstić information content (AvgIpc) is 3.05. The van der Waals surface area contributed by atoms with Crippen LogP contribution in [0.5, 0.6) is 0 Å². The molecular weight excluding hydrogens is 661 g/mol. The molecule has 0 aromatic rings. The number of aliphatic hydroxyl groups is 2. The minimum atomic E-state index is -1.12. The number of nitrogens with two attached hydrogens (primary N) is 2. The van der Waals surface area contributed by atoms with Crippen LogP contribution in [0.4, 0.5) is 0 Å². The lowest BCUT2D eigenvalue weighted by Crippen LogP contribution is -2.57. The molecule has 0 aliphatic carbocycles. The zero-order valence-corrected chi connectivity index (χ0v) is 30.4. The van der Waals surface area contributed by atoms with E-state index in [-0.39, 0.29) is 32.4 Å². The Hall–Kier alpha value is -3.26. The maximum atomic E-state index is 12.9. The van der Waals surface area contributed by atoms with E-state index >= 15 is 0 Å². The van der Waals surface area contributed by atoms with Gasteiger partial charge in [0.1, 0.15) is 12.6 Å². The Morgan fingerprint density at radius 1 is 0.816 bits per heavy atom. The summed E-state index contributed by atoms with van der Waals surface area (Å²) in [4.78, 5) is 41.1. The molecule has 0 aromatic heterocycles. The van der Waals surface area contributed by atoms with Crippen molar-refractivity contribution in [1.82, 2.24) is 16.0 Å². The van der Waals surface area contributed by atoms with Crippen LogP contribution >= 0.6 is 21.6 Å². The van der Waals surface area contributed by atoms with Crippen LogP contribution in [0.25, 0.3) is 0 Å². The zero-order chi connectivity index (χ0) is 35.9. The molecule has 2 atom stereocenters. The molecule has 0 bridgehead atoms. The van der Waals surface area contributed by atoms with E-state index in [2.05, 4.69) is 94.7 Å². The number of nitrogens with zero attached hydrogens (tertiary/aromatic N) is 1. The minimum absolute atomic E-state index is 0. The SMILES string of the molecule is C.CC/C=C\C/C=C\C/C=C\C/C=C\C/C=C\C/C=C\CCC(=O)NCCSSC(C)(C)C(NC(=O)CN=C(N)N)C(=O)NCC(O)CO. The fourth-order valence-electron chi connectivity index (χ4n) is 3.73. The van der Waals surface area contributed by atoms with Gasteiger partial charge in [0.25, 0.3) is 0 Å². The zero-order valence-electron chi connectivity index (χ0n) is 28.8. The largest absolute Gasteiger partial charge is 0.394 e. The van der Waals surface area contributed by atoms with Gasteiger partial charge in [-0.15, -0.1) is 0 Å². The number of amides is 3. The number of hydrogen-bond acceptors (Lipinski definition) is 8. The van der Waals surface area contributed by atoms with Crippen LogP contribution in [0.1, 0.15) is 79.6 Å². The molecule has 0 spiro atoms. The Morgan fingerprint density at radius 2 is 1.33 bits per heavy atom. The molecule has 11 nitrogen and oxygen atoms in total. The van der Waals surface area contributed by atoms with Gasteiger partial charge >= 0.3 is 0 Å². The molecule has 2 unspecified atom stereocenters. The lowest BCUT2D eigenvalue weighted by atomic mass is 10.0. The number of guanidine groups is 1. The number of carbonyl (C=O) groups excluding carboxylic acids is 3. The van der Waals surface area contributed by atoms with E-state index in [4.69, 9.17) is 16.6 Å². The summed E-state index contributed by atoms with van der Waals surface area (Å²) in [7, 11) is 2.83. The van der Waals surface area contributed by atoms with Crippen LogP contribution in [-0.2, 0) is 14.4 Å². The van der Waals surface area contributed by atoms with E-state index in [1.165, 1.54) is 21.6 Å². The van der Waals surface area contributed by atoms with Crippen molar-refractivity contribution in [2.45, 2.75) is 96.5 Å². The van der Waals surface area contributed by atoms with Crippen molar-refractivity contribution in [1.29, 1.82) is 0 Å². The van der Waals surface area contributed by atoms with Gasteiger partial charge in [-0.25, -0.2) is 4.99 Å². The van der Waals surface area contributed by atoms with Crippen molar-refractivity contribution < 1.29 is 24.6 Å². The first-order valence-electron chi connectivity index (χ1n) is 16.4. The molecule has 0 rings (SSSR count). The quantitative estimate of drug-likeness (QED) is 0.0209. The molecule has 0 aromatic carbocycles. The van der Waals surface area contributed by atoms with Crippen LogP contribution in [0, 0.1) is 0 Å². The maximum absolute atomic E-state index is 12.9. The van der Waals surface area contributed by atoms with Gasteiger partial charge in [0, 0.05) is 30.0 Å². The average molecular weight is 723 g/mol. The van der Waals surface area contributed by atoms with E-state index in [0.717, 1.165) is 38.5 Å². The summed E-state index contributed by atoms with van der Waals surface area (Å²) >= 11 is 0. The van der Waals surface area contributed by atoms with Crippen LogP contribution < -0.4 is 27.4 Å². The molecule has 9 N–H and O–H groups in total. The molecule has 0 aliphatic rings. The summed E-state index contributed by atoms with van der Waals surface area (Å²) in [6, 6.07) is -0.987. The molecule has 0 radical (unpaired) electrons. The van der Waals surface area contributed by atoms with Crippen molar-refractivity contribution >= 4 is 45.3 Å². The highest BCUT2D eigenvalue weighted by molar-refractivity contribution is 8.77. The second kappa shape index (κ2) is 32.0. The van der Waals surface area contributed by atoms with Gasteiger partial charge in [-0.3, -0.25) is 14.4 Å². The van der Waals surface area contributed by atoms with E-state index in [1.807, 2.05) is 6.08 Å². The van der Waals surface area contributed by atoms with Crippen molar-refractivity contribution in [3.63, 3.8) is 0 Å². The topological polar surface area (TPSA) is 192 Å². The van der Waals surface area contributed by atoms with E-state index in [0.29, 0.717) is 25.1 Å². The number of aliphatic imine (C=N–C) groups is 1. The van der Waals surface area contributed by atoms with Crippen molar-refractivity contribution in [3.05, 3.63) is 72.9 Å². The van der Waals surface area contributed by atoms with E-state index in [9.17, 15) is 19.5 Å². The first-order chi connectivity index (χ1) is 23.0. The molecule has 0 aliphatic heterocycles. The normalized spacial score (nSPS) is 13.4. The molecule has 0 fully saturated rings. The summed E-state index contributed by atoms with van der Waals surface area (Å²) < 4.78 is -0.785. The molecular formula is C36H62N6O5S2. The van der Waals surface area contributed by atoms with Crippen LogP contribution in [0.15, 0.2) is 77.9 Å². The minimum Gasteiger partial charge on any atom is -0.394 e. The number of hydrogen-bond donors (Lipinski definition) is 7. The highest BCUT2D eigenvalue weighted by atomic mass is 33.1. The Kier molecular flexibility index (Phi) is 31.2. The number of allylic oxidation sites excluding steroid dienone is 12. The number of rotatable bonds is 27. The summed E-state index contributed by atoms with van der Waals surface area (Å²) in [5, 5.41) is 26.7. The number of nitrogens with one attached hydrogen (secondary N) is 3. The highest BCUT2D eigenvalue weighted by Crippen LogP contribution is 2.38. The van der Waals surface area contributed by atoms with Crippen LogP contribution in [0.3, 0.4) is 0 Å². The van der Waals surface area contributed by atoms with Gasteiger partial charge in [0.05, 0.1) is 12.7 Å². The summed E-state index contributed by atoms with van der Waals surface area (Å²) in [5.74, 6) is -0.781. The second-order valence-corrected chi connectivity index (χ2v) is 14.2. The molecule has 3 amide bonds. The third kappa shape index (κ3) is 29.4. The third-order valence-corrected chi connectivity index (χ3v) is 9.60. The highest BCUT2D eigenvalue weighted by Gasteiger charge is 2.37. The molecule has 49 heavy (non-hydrogen) atoms. The fourth-order valence-corrected chi connectivity index (χ4v) is 6.26. The van der Waals surface area contributed by atoms with Gasteiger partial charge in [-0.05, 0) is 58.8 Å². The van der Waals surface area contributed by atoms with Crippen molar-refractivity contribution in [2.24, 2.45) is 16.5 Å². The standard InChI is InChI=1S/C35H58N6O5S2.CH4/c1-4-5-6-7-8-9-10-11-12-13-14-15-16-17-18-19-20-21-22-23-30(44)38-24-25-47-48-35(2,3)32(33(46)39-26-29(43)28-42)41-31(45)27-40-34(36)37;/h5-6,8-9,11-12,14-15,17-18,20-21,29,32,42-43H,4,7,10,13,16,19,22-28H2,1-3H3,(H,38,44)(H,39,46)(H,41,45)(H4,36,37,40);1H4/b6-5-,9-8-,12-11-,15-14-,18-17-,21-20-;. The Balaban J connectivity index is 0. The molecule has 0 saturated carbocycles. The van der Waals surface area contributed by atoms with Gasteiger partial charge in [0.15, 0.2) is 5.96 Å². The van der Waals surface area contributed by atoms with Crippen LogP contribution in [-0.4, -0.2) is 82.8 Å². The van der Waals surface area contributed by atoms with Crippen LogP contribution in [0.2, 0.25) is 0 Å². The maximum Gasteiger partial charge on any atom is 0.244 e. The van der Waals surface area contributed by atoms with Gasteiger partial charge < -0.3 is 37.6 Å². The molecule has 0 heterocycles. The number of carbonyl (C=O) groups is 3.